The van der Waals surface area contributed by atoms with Gasteiger partial charge in [-0.2, -0.15) is 9.37 Å². The summed E-state index contributed by atoms with van der Waals surface area (Å²) in [5.74, 6) is -1.46. The maximum Gasteiger partial charge on any atom is 0.269 e. The quantitative estimate of drug-likeness (QED) is 0.726. The Morgan fingerprint density at radius 3 is 2.62 bits per heavy atom. The van der Waals surface area contributed by atoms with E-state index in [1.807, 2.05) is 0 Å². The molecule has 0 aliphatic carbocycles. The average Bonchev–Trinajstić information content (AvgIpc) is 2.08. The molecule has 1 aromatic rings. The number of ether oxygens (including phenoxy) is 1. The van der Waals surface area contributed by atoms with Gasteiger partial charge in [0, 0.05) is 0 Å². The summed E-state index contributed by atoms with van der Waals surface area (Å²) in [6, 6.07) is 0.811. The second kappa shape index (κ2) is 3.51. The maximum atomic E-state index is 12.6. The number of pyridine rings is 1. The molecule has 0 aliphatic rings. The molecule has 0 bridgehead atoms. The van der Waals surface area contributed by atoms with Crippen LogP contribution in [-0.4, -0.2) is 12.1 Å². The van der Waals surface area contributed by atoms with E-state index >= 15 is 0 Å². The average molecular weight is 192 g/mol. The zero-order valence-electron chi connectivity index (χ0n) is 6.72. The molecule has 0 spiro atoms. The standard InChI is InChI=1S/C7H7F3N2O/c1-13-7-3(5(8)9)2-4(11)6(10)12-7/h2,5H,11H2,1H3. The topological polar surface area (TPSA) is 48.1 Å². The van der Waals surface area contributed by atoms with Crippen molar-refractivity contribution in [3.8, 4) is 5.88 Å². The number of nitrogen functional groups attached to an aromatic ring is 1. The molecule has 0 saturated heterocycles. The lowest BCUT2D eigenvalue weighted by molar-refractivity contribution is 0.145. The largest absolute Gasteiger partial charge is 0.481 e. The lowest BCUT2D eigenvalue weighted by atomic mass is 10.2. The fraction of sp³-hybridized carbons (Fsp3) is 0.286. The van der Waals surface area contributed by atoms with E-state index < -0.39 is 29.5 Å². The Balaban J connectivity index is 3.25. The van der Waals surface area contributed by atoms with Crippen LogP contribution in [0.2, 0.25) is 0 Å². The molecule has 1 heterocycles. The van der Waals surface area contributed by atoms with E-state index in [0.29, 0.717) is 0 Å². The minimum atomic E-state index is -2.79. The highest BCUT2D eigenvalue weighted by Crippen LogP contribution is 2.29. The molecular weight excluding hydrogens is 185 g/mol. The Kier molecular flexibility index (Phi) is 2.60. The Labute approximate surface area is 72.3 Å². The molecule has 0 aromatic carbocycles. The first-order valence-corrected chi connectivity index (χ1v) is 3.34. The monoisotopic (exact) mass is 192 g/mol. The van der Waals surface area contributed by atoms with Crippen LogP contribution in [-0.2, 0) is 0 Å². The van der Waals surface area contributed by atoms with Crippen LogP contribution < -0.4 is 10.5 Å². The molecule has 3 nitrogen and oxygen atoms in total. The van der Waals surface area contributed by atoms with Crippen LogP contribution >= 0.6 is 0 Å². The Hall–Kier alpha value is -1.46. The van der Waals surface area contributed by atoms with Crippen molar-refractivity contribution in [3.05, 3.63) is 17.6 Å². The number of nitrogens with zero attached hydrogens (tertiary/aromatic N) is 1. The lowest BCUT2D eigenvalue weighted by Gasteiger charge is -2.07. The molecule has 0 radical (unpaired) electrons. The summed E-state index contributed by atoms with van der Waals surface area (Å²) < 4.78 is 41.6. The van der Waals surface area contributed by atoms with Gasteiger partial charge in [-0.15, -0.1) is 0 Å². The molecule has 6 heteroatoms. The van der Waals surface area contributed by atoms with Gasteiger partial charge in [0.05, 0.1) is 18.4 Å². The second-order valence-corrected chi connectivity index (χ2v) is 2.27. The number of aromatic nitrogens is 1. The zero-order valence-corrected chi connectivity index (χ0v) is 6.72. The number of halogens is 3. The summed E-state index contributed by atoms with van der Waals surface area (Å²) in [4.78, 5) is 3.12. The first-order valence-electron chi connectivity index (χ1n) is 3.34. The highest BCUT2D eigenvalue weighted by Gasteiger charge is 2.17. The third-order valence-corrected chi connectivity index (χ3v) is 1.42. The summed E-state index contributed by atoms with van der Waals surface area (Å²) in [7, 11) is 1.13. The third kappa shape index (κ3) is 1.82. The molecule has 0 amide bonds. The van der Waals surface area contributed by atoms with Gasteiger partial charge in [0.2, 0.25) is 11.8 Å². The fourth-order valence-corrected chi connectivity index (χ4v) is 0.827. The van der Waals surface area contributed by atoms with Gasteiger partial charge >= 0.3 is 0 Å². The summed E-state index contributed by atoms with van der Waals surface area (Å²) in [5, 5.41) is 0. The number of hydrogen-bond acceptors (Lipinski definition) is 3. The molecule has 1 aromatic heterocycles. The van der Waals surface area contributed by atoms with Crippen LogP contribution in [0.25, 0.3) is 0 Å². The van der Waals surface area contributed by atoms with Gasteiger partial charge in [0.25, 0.3) is 6.43 Å². The highest BCUT2D eigenvalue weighted by molar-refractivity contribution is 5.44. The third-order valence-electron chi connectivity index (χ3n) is 1.42. The first-order chi connectivity index (χ1) is 6.06. The molecule has 2 N–H and O–H groups in total. The highest BCUT2D eigenvalue weighted by atomic mass is 19.3. The van der Waals surface area contributed by atoms with Crippen LogP contribution in [0.5, 0.6) is 5.88 Å². The number of alkyl halides is 2. The van der Waals surface area contributed by atoms with Crippen molar-refractivity contribution < 1.29 is 17.9 Å². The SMILES string of the molecule is COc1nc(F)c(N)cc1C(F)F. The van der Waals surface area contributed by atoms with Crippen molar-refractivity contribution in [1.82, 2.24) is 4.98 Å². The van der Waals surface area contributed by atoms with E-state index in [1.165, 1.54) is 0 Å². The number of nitrogens with two attached hydrogens (primary N) is 1. The maximum absolute atomic E-state index is 12.6. The van der Waals surface area contributed by atoms with Gasteiger partial charge in [-0.25, -0.2) is 8.78 Å². The van der Waals surface area contributed by atoms with Gasteiger partial charge in [0.15, 0.2) is 0 Å². The normalized spacial score (nSPS) is 10.5. The van der Waals surface area contributed by atoms with Crippen molar-refractivity contribution in [3.63, 3.8) is 0 Å². The van der Waals surface area contributed by atoms with E-state index in [-0.39, 0.29) is 0 Å². The second-order valence-electron chi connectivity index (χ2n) is 2.27. The van der Waals surface area contributed by atoms with Gasteiger partial charge in [-0.1, -0.05) is 0 Å². The number of methoxy groups -OCH3 is 1. The number of anilines is 1. The molecular formula is C7H7F3N2O. The van der Waals surface area contributed by atoms with Gasteiger partial charge in [0.1, 0.15) is 0 Å². The van der Waals surface area contributed by atoms with Crippen LogP contribution in [0.4, 0.5) is 18.9 Å². The molecule has 0 unspecified atom stereocenters. The predicted octanol–water partition coefficient (Wildman–Crippen LogP) is 1.75. The first kappa shape index (κ1) is 9.63. The minimum absolute atomic E-state index is 0.420. The summed E-state index contributed by atoms with van der Waals surface area (Å²) >= 11 is 0. The summed E-state index contributed by atoms with van der Waals surface area (Å²) in [5.41, 5.74) is 4.12. The van der Waals surface area contributed by atoms with E-state index in [4.69, 9.17) is 5.73 Å². The number of hydrogen-bond donors (Lipinski definition) is 1. The van der Waals surface area contributed by atoms with Crippen molar-refractivity contribution >= 4 is 5.69 Å². The molecule has 1 rings (SSSR count). The summed E-state index contributed by atoms with van der Waals surface area (Å²) in [6.45, 7) is 0. The molecule has 0 saturated carbocycles. The predicted molar refractivity (Wildman–Crippen MR) is 40.1 cm³/mol. The van der Waals surface area contributed by atoms with E-state index in [2.05, 4.69) is 9.72 Å². The smallest absolute Gasteiger partial charge is 0.269 e. The minimum Gasteiger partial charge on any atom is -0.481 e. The lowest BCUT2D eigenvalue weighted by Crippen LogP contribution is -2.02. The van der Waals surface area contributed by atoms with Crippen LogP contribution in [0.15, 0.2) is 6.07 Å². The van der Waals surface area contributed by atoms with Crippen molar-refractivity contribution in [2.24, 2.45) is 0 Å². The Bertz CT molecular complexity index is 317. The Morgan fingerprint density at radius 2 is 2.15 bits per heavy atom. The molecule has 13 heavy (non-hydrogen) atoms. The Morgan fingerprint density at radius 1 is 1.54 bits per heavy atom. The van der Waals surface area contributed by atoms with Crippen molar-refractivity contribution in [1.29, 1.82) is 0 Å². The number of rotatable bonds is 2. The fourth-order valence-electron chi connectivity index (χ4n) is 0.827. The van der Waals surface area contributed by atoms with Gasteiger partial charge < -0.3 is 10.5 Å². The van der Waals surface area contributed by atoms with Crippen molar-refractivity contribution in [2.75, 3.05) is 12.8 Å². The van der Waals surface area contributed by atoms with E-state index in [0.717, 1.165) is 13.2 Å². The van der Waals surface area contributed by atoms with Crippen molar-refractivity contribution in [2.45, 2.75) is 6.43 Å². The van der Waals surface area contributed by atoms with Crippen LogP contribution in [0.3, 0.4) is 0 Å². The van der Waals surface area contributed by atoms with E-state index in [9.17, 15) is 13.2 Å². The molecule has 0 aliphatic heterocycles. The van der Waals surface area contributed by atoms with Crippen LogP contribution in [0.1, 0.15) is 12.0 Å². The van der Waals surface area contributed by atoms with Gasteiger partial charge in [-0.3, -0.25) is 0 Å². The zero-order chi connectivity index (χ0) is 10.0. The van der Waals surface area contributed by atoms with E-state index in [1.54, 1.807) is 0 Å². The molecule has 72 valence electrons. The molecule has 0 atom stereocenters. The van der Waals surface area contributed by atoms with Crippen LogP contribution in [0, 0.1) is 5.95 Å². The molecule has 0 fully saturated rings. The van der Waals surface area contributed by atoms with Gasteiger partial charge in [-0.05, 0) is 6.07 Å². The summed E-state index contributed by atoms with van der Waals surface area (Å²) in [6.07, 6.45) is -2.79.